The zero-order valence-corrected chi connectivity index (χ0v) is 19.1. The zero-order valence-electron chi connectivity index (χ0n) is 18.4. The maximum atomic E-state index is 13.3. The molecular formula is C23H21ClFN5O4. The number of rotatable bonds is 8. The van der Waals surface area contributed by atoms with E-state index in [1.807, 2.05) is 0 Å². The minimum Gasteiger partial charge on any atom is -0.486 e. The number of benzene rings is 1. The third-order valence-corrected chi connectivity index (χ3v) is 5.18. The van der Waals surface area contributed by atoms with Crippen LogP contribution in [0.25, 0.3) is 10.9 Å². The van der Waals surface area contributed by atoms with Gasteiger partial charge in [-0.25, -0.2) is 9.37 Å². The summed E-state index contributed by atoms with van der Waals surface area (Å²) in [5.41, 5.74) is 0.658. The number of amides is 1. The minimum absolute atomic E-state index is 0.0516. The maximum Gasteiger partial charge on any atom is 0.289 e. The lowest BCUT2D eigenvalue weighted by Crippen LogP contribution is -2.21. The standard InChI is InChI=1S/C23H21ClFN5O4/c1-30(2)23(32)19-6-4-14(34-19)10-26-11-18-21-15(7-8-27-18)22(31)29-20(28-21)12-33-13-3-5-17(25)16(24)9-13/h3-9,26H,10-12H2,1-2H3,(H,28,29,31). The van der Waals surface area contributed by atoms with Gasteiger partial charge in [-0.2, -0.15) is 0 Å². The van der Waals surface area contributed by atoms with Crippen LogP contribution in [0.1, 0.15) is 27.8 Å². The normalized spacial score (nSPS) is 11.1. The molecule has 9 nitrogen and oxygen atoms in total. The summed E-state index contributed by atoms with van der Waals surface area (Å²) in [6, 6.07) is 8.90. The molecule has 3 aromatic heterocycles. The van der Waals surface area contributed by atoms with E-state index in [1.165, 1.54) is 29.3 Å². The highest BCUT2D eigenvalue weighted by molar-refractivity contribution is 6.30. The molecule has 3 heterocycles. The molecule has 4 aromatic rings. The number of pyridine rings is 1. The van der Waals surface area contributed by atoms with Gasteiger partial charge in [0.25, 0.3) is 11.5 Å². The molecule has 4 rings (SSSR count). The van der Waals surface area contributed by atoms with Crippen molar-refractivity contribution in [1.29, 1.82) is 0 Å². The van der Waals surface area contributed by atoms with Crippen molar-refractivity contribution in [2.75, 3.05) is 14.1 Å². The lowest BCUT2D eigenvalue weighted by Gasteiger charge is -2.09. The number of H-pyrrole nitrogens is 1. The molecular weight excluding hydrogens is 465 g/mol. The van der Waals surface area contributed by atoms with E-state index in [9.17, 15) is 14.0 Å². The van der Waals surface area contributed by atoms with Crippen LogP contribution in [0, 0.1) is 5.82 Å². The minimum atomic E-state index is -0.551. The number of nitrogens with zero attached hydrogens (tertiary/aromatic N) is 3. The summed E-state index contributed by atoms with van der Waals surface area (Å²) in [7, 11) is 3.30. The molecule has 176 valence electrons. The highest BCUT2D eigenvalue weighted by Gasteiger charge is 2.14. The van der Waals surface area contributed by atoms with Crippen LogP contribution in [0.15, 0.2) is 51.8 Å². The number of hydrogen-bond acceptors (Lipinski definition) is 7. The monoisotopic (exact) mass is 485 g/mol. The molecule has 0 aliphatic rings. The lowest BCUT2D eigenvalue weighted by molar-refractivity contribution is 0.0794. The van der Waals surface area contributed by atoms with Crippen LogP contribution in [0.4, 0.5) is 4.39 Å². The number of fused-ring (bicyclic) bond motifs is 1. The van der Waals surface area contributed by atoms with Gasteiger partial charge in [0.15, 0.2) is 5.76 Å². The SMILES string of the molecule is CN(C)C(=O)c1ccc(CNCc2nccc3c(=O)[nH]c(COc4ccc(F)c(Cl)c4)nc23)o1. The van der Waals surface area contributed by atoms with Crippen LogP contribution in [-0.2, 0) is 19.7 Å². The fourth-order valence-electron chi connectivity index (χ4n) is 3.19. The smallest absolute Gasteiger partial charge is 0.289 e. The molecule has 0 bridgehead atoms. The van der Waals surface area contributed by atoms with E-state index >= 15 is 0 Å². The Hall–Kier alpha value is -3.76. The maximum absolute atomic E-state index is 13.3. The molecule has 0 unspecified atom stereocenters. The number of ether oxygens (including phenoxy) is 1. The summed E-state index contributed by atoms with van der Waals surface area (Å²) in [4.78, 5) is 37.5. The van der Waals surface area contributed by atoms with Gasteiger partial charge in [-0.15, -0.1) is 0 Å². The summed E-state index contributed by atoms with van der Waals surface area (Å²) in [5.74, 6) is 0.694. The third kappa shape index (κ3) is 5.24. The van der Waals surface area contributed by atoms with Gasteiger partial charge < -0.3 is 24.4 Å². The Morgan fingerprint density at radius 3 is 2.82 bits per heavy atom. The molecule has 0 spiro atoms. The van der Waals surface area contributed by atoms with Crippen LogP contribution in [0.3, 0.4) is 0 Å². The van der Waals surface area contributed by atoms with Gasteiger partial charge in [-0.1, -0.05) is 11.6 Å². The zero-order chi connectivity index (χ0) is 24.2. The first-order chi connectivity index (χ1) is 16.3. The molecule has 0 aliphatic carbocycles. The van der Waals surface area contributed by atoms with E-state index in [0.717, 1.165) is 0 Å². The number of nitrogens with one attached hydrogen (secondary N) is 2. The van der Waals surface area contributed by atoms with Crippen molar-refractivity contribution in [3.05, 3.63) is 86.8 Å². The Balaban J connectivity index is 1.47. The van der Waals surface area contributed by atoms with Gasteiger partial charge in [-0.3, -0.25) is 14.6 Å². The van der Waals surface area contributed by atoms with Gasteiger partial charge in [0.05, 0.1) is 22.6 Å². The molecule has 2 N–H and O–H groups in total. The van der Waals surface area contributed by atoms with E-state index in [0.29, 0.717) is 41.2 Å². The average Bonchev–Trinajstić information content (AvgIpc) is 3.28. The second kappa shape index (κ2) is 10.0. The van der Waals surface area contributed by atoms with Crippen molar-refractivity contribution in [3.8, 4) is 5.75 Å². The Morgan fingerprint density at radius 1 is 1.24 bits per heavy atom. The highest BCUT2D eigenvalue weighted by Crippen LogP contribution is 2.22. The molecule has 0 saturated heterocycles. The van der Waals surface area contributed by atoms with Gasteiger partial charge in [0, 0.05) is 32.9 Å². The first-order valence-corrected chi connectivity index (χ1v) is 10.7. The van der Waals surface area contributed by atoms with Gasteiger partial charge >= 0.3 is 0 Å². The van der Waals surface area contributed by atoms with E-state index in [2.05, 4.69) is 20.3 Å². The van der Waals surface area contributed by atoms with Gasteiger partial charge in [0.2, 0.25) is 0 Å². The molecule has 0 saturated carbocycles. The third-order valence-electron chi connectivity index (χ3n) is 4.89. The summed E-state index contributed by atoms with van der Waals surface area (Å²) < 4.78 is 24.5. The molecule has 11 heteroatoms. The van der Waals surface area contributed by atoms with E-state index in [-0.39, 0.29) is 34.7 Å². The van der Waals surface area contributed by atoms with Crippen LogP contribution in [-0.4, -0.2) is 39.9 Å². The van der Waals surface area contributed by atoms with E-state index < -0.39 is 5.82 Å². The molecule has 1 aromatic carbocycles. The van der Waals surface area contributed by atoms with Crippen molar-refractivity contribution in [3.63, 3.8) is 0 Å². The molecule has 0 aliphatic heterocycles. The fourth-order valence-corrected chi connectivity index (χ4v) is 3.37. The predicted molar refractivity (Wildman–Crippen MR) is 123 cm³/mol. The van der Waals surface area contributed by atoms with Gasteiger partial charge in [-0.05, 0) is 30.3 Å². The van der Waals surface area contributed by atoms with E-state index in [1.54, 1.807) is 32.3 Å². The largest absolute Gasteiger partial charge is 0.486 e. The van der Waals surface area contributed by atoms with Crippen molar-refractivity contribution >= 4 is 28.4 Å². The molecule has 0 radical (unpaired) electrons. The number of carbonyl (C=O) groups excluding carboxylic acids is 1. The molecule has 34 heavy (non-hydrogen) atoms. The van der Waals surface area contributed by atoms with Crippen molar-refractivity contribution in [2.24, 2.45) is 0 Å². The van der Waals surface area contributed by atoms with Crippen molar-refractivity contribution in [1.82, 2.24) is 25.2 Å². The average molecular weight is 486 g/mol. The first kappa shape index (κ1) is 23.4. The van der Waals surface area contributed by atoms with Crippen LogP contribution in [0.5, 0.6) is 5.75 Å². The highest BCUT2D eigenvalue weighted by atomic mass is 35.5. The van der Waals surface area contributed by atoms with Crippen LogP contribution in [0.2, 0.25) is 5.02 Å². The Morgan fingerprint density at radius 2 is 2.06 bits per heavy atom. The Labute approximate surface area is 198 Å². The first-order valence-electron chi connectivity index (χ1n) is 10.3. The quantitative estimate of drug-likeness (QED) is 0.393. The van der Waals surface area contributed by atoms with Gasteiger partial charge in [0.1, 0.15) is 35.3 Å². The van der Waals surface area contributed by atoms with Crippen molar-refractivity contribution in [2.45, 2.75) is 19.7 Å². The van der Waals surface area contributed by atoms with Crippen molar-refractivity contribution < 1.29 is 18.3 Å². The molecule has 1 amide bonds. The predicted octanol–water partition coefficient (Wildman–Crippen LogP) is 3.27. The number of carbonyl (C=O) groups is 1. The topological polar surface area (TPSA) is 113 Å². The number of furan rings is 1. The number of halogens is 2. The lowest BCUT2D eigenvalue weighted by atomic mass is 10.2. The summed E-state index contributed by atoms with van der Waals surface area (Å²) in [5, 5.41) is 3.51. The van der Waals surface area contributed by atoms with E-state index in [4.69, 9.17) is 20.8 Å². The number of aromatic amines is 1. The van der Waals surface area contributed by atoms with Crippen LogP contribution < -0.4 is 15.6 Å². The fraction of sp³-hybridized carbons (Fsp3) is 0.217. The molecule has 0 fully saturated rings. The number of aromatic nitrogens is 3. The number of hydrogen-bond donors (Lipinski definition) is 2. The Kier molecular flexibility index (Phi) is 6.90. The summed E-state index contributed by atoms with van der Waals surface area (Å²) in [6.07, 6.45) is 1.54. The Bertz CT molecular complexity index is 1400. The second-order valence-corrected chi connectivity index (χ2v) is 8.01. The van der Waals surface area contributed by atoms with Crippen LogP contribution >= 0.6 is 11.6 Å². The summed E-state index contributed by atoms with van der Waals surface area (Å²) in [6.45, 7) is 0.604. The summed E-state index contributed by atoms with van der Waals surface area (Å²) >= 11 is 5.77. The molecule has 0 atom stereocenters. The second-order valence-electron chi connectivity index (χ2n) is 7.60.